The third-order valence-corrected chi connectivity index (χ3v) is 5.88. The molecule has 8 nitrogen and oxygen atoms in total. The summed E-state index contributed by atoms with van der Waals surface area (Å²) in [5.41, 5.74) is 2.40. The lowest BCUT2D eigenvalue weighted by Crippen LogP contribution is -2.51. The van der Waals surface area contributed by atoms with Gasteiger partial charge in [-0.3, -0.25) is 24.5 Å². The maximum atomic E-state index is 14.2. The highest BCUT2D eigenvalue weighted by atomic mass is 19.1. The van der Waals surface area contributed by atoms with Crippen molar-refractivity contribution < 1.29 is 14.0 Å². The van der Waals surface area contributed by atoms with Crippen LogP contribution in [-0.2, 0) is 16.1 Å². The quantitative estimate of drug-likeness (QED) is 0.522. The third-order valence-electron chi connectivity index (χ3n) is 5.88. The van der Waals surface area contributed by atoms with Crippen molar-refractivity contribution in [2.24, 2.45) is 0 Å². The predicted molar refractivity (Wildman–Crippen MR) is 126 cm³/mol. The van der Waals surface area contributed by atoms with E-state index in [0.29, 0.717) is 31.9 Å². The van der Waals surface area contributed by atoms with Gasteiger partial charge in [0.05, 0.1) is 11.7 Å². The second kappa shape index (κ2) is 11.3. The molecule has 0 aliphatic carbocycles. The Hall–Kier alpha value is -3.85. The Labute approximate surface area is 197 Å². The molecule has 3 heterocycles. The van der Waals surface area contributed by atoms with Crippen LogP contribution in [0.5, 0.6) is 0 Å². The second-order valence-corrected chi connectivity index (χ2v) is 8.02. The fourth-order valence-electron chi connectivity index (χ4n) is 4.05. The molecule has 34 heavy (non-hydrogen) atoms. The molecular formula is C25H27FN6O2. The van der Waals surface area contributed by atoms with E-state index < -0.39 is 11.8 Å². The Morgan fingerprint density at radius 1 is 0.882 bits per heavy atom. The molecule has 1 aliphatic rings. The average molecular weight is 463 g/mol. The molecule has 2 aromatic heterocycles. The molecule has 1 aliphatic heterocycles. The number of piperazine rings is 1. The number of halogens is 1. The van der Waals surface area contributed by atoms with Gasteiger partial charge in [0, 0.05) is 64.1 Å². The highest BCUT2D eigenvalue weighted by Gasteiger charge is 2.27. The van der Waals surface area contributed by atoms with E-state index in [1.54, 1.807) is 49.1 Å². The van der Waals surface area contributed by atoms with Gasteiger partial charge < -0.3 is 15.5 Å². The lowest BCUT2D eigenvalue weighted by atomic mass is 10.1. The highest BCUT2D eigenvalue weighted by molar-refractivity contribution is 6.35. The van der Waals surface area contributed by atoms with Gasteiger partial charge in [0.15, 0.2) is 0 Å². The summed E-state index contributed by atoms with van der Waals surface area (Å²) in [5, 5.41) is 5.38. The smallest absolute Gasteiger partial charge is 0.309 e. The van der Waals surface area contributed by atoms with E-state index in [0.717, 1.165) is 11.1 Å². The summed E-state index contributed by atoms with van der Waals surface area (Å²) in [7, 11) is 0. The topological polar surface area (TPSA) is 90.5 Å². The molecule has 1 aromatic carbocycles. The zero-order chi connectivity index (χ0) is 23.8. The minimum absolute atomic E-state index is 0.159. The largest absolute Gasteiger partial charge is 0.367 e. The Kier molecular flexibility index (Phi) is 7.77. The Balaban J connectivity index is 1.36. The van der Waals surface area contributed by atoms with Crippen molar-refractivity contribution in [1.82, 2.24) is 25.5 Å². The van der Waals surface area contributed by atoms with Crippen LogP contribution in [0.4, 0.5) is 10.1 Å². The van der Waals surface area contributed by atoms with Gasteiger partial charge >= 0.3 is 11.8 Å². The monoisotopic (exact) mass is 462 g/mol. The molecule has 2 amide bonds. The lowest BCUT2D eigenvalue weighted by Gasteiger charge is -2.40. The number of nitrogens with one attached hydrogen (secondary N) is 2. The minimum atomic E-state index is -0.689. The standard InChI is InChI=1S/C25H27FN6O2/c26-21-5-1-2-6-22(21)31-12-14-32(15-13-31)23(20-4-3-9-28-17-20)18-30-25(34)24(33)29-16-19-7-10-27-11-8-19/h1-11,17,23H,12-16,18H2,(H,29,33)(H,30,34)/t23-/m1/s1. The maximum absolute atomic E-state index is 14.2. The average Bonchev–Trinajstić information content (AvgIpc) is 2.89. The number of pyridine rings is 2. The van der Waals surface area contributed by atoms with Crippen LogP contribution in [0.25, 0.3) is 0 Å². The molecule has 1 saturated heterocycles. The number of amides is 2. The molecule has 2 N–H and O–H groups in total. The van der Waals surface area contributed by atoms with E-state index >= 15 is 0 Å². The van der Waals surface area contributed by atoms with Crippen molar-refractivity contribution in [2.75, 3.05) is 37.6 Å². The van der Waals surface area contributed by atoms with Gasteiger partial charge in [-0.25, -0.2) is 4.39 Å². The number of hydrogen-bond donors (Lipinski definition) is 2. The molecule has 0 unspecified atom stereocenters. The molecule has 0 bridgehead atoms. The second-order valence-electron chi connectivity index (χ2n) is 8.02. The predicted octanol–water partition coefficient (Wildman–Crippen LogP) is 1.91. The SMILES string of the molecule is O=C(NCc1ccncc1)C(=O)NC[C@H](c1cccnc1)N1CCN(c2ccccc2F)CC1. The molecule has 0 spiro atoms. The van der Waals surface area contributed by atoms with Crippen LogP contribution < -0.4 is 15.5 Å². The van der Waals surface area contributed by atoms with Gasteiger partial charge in [-0.15, -0.1) is 0 Å². The Bertz CT molecular complexity index is 1090. The first-order valence-corrected chi connectivity index (χ1v) is 11.2. The summed E-state index contributed by atoms with van der Waals surface area (Å²) < 4.78 is 14.2. The van der Waals surface area contributed by atoms with Crippen LogP contribution in [0.2, 0.25) is 0 Å². The molecule has 9 heteroatoms. The van der Waals surface area contributed by atoms with Gasteiger partial charge in [0.25, 0.3) is 0 Å². The van der Waals surface area contributed by atoms with E-state index in [-0.39, 0.29) is 24.9 Å². The normalized spacial score (nSPS) is 14.9. The van der Waals surface area contributed by atoms with Gasteiger partial charge in [-0.2, -0.15) is 0 Å². The first-order chi connectivity index (χ1) is 16.6. The first-order valence-electron chi connectivity index (χ1n) is 11.2. The van der Waals surface area contributed by atoms with E-state index in [1.807, 2.05) is 23.1 Å². The van der Waals surface area contributed by atoms with Crippen LogP contribution in [0.3, 0.4) is 0 Å². The summed E-state index contributed by atoms with van der Waals surface area (Å²) in [4.78, 5) is 37.1. The summed E-state index contributed by atoms with van der Waals surface area (Å²) in [6.45, 7) is 3.16. The molecule has 0 saturated carbocycles. The number of aromatic nitrogens is 2. The summed E-state index contributed by atoms with van der Waals surface area (Å²) >= 11 is 0. The molecule has 4 rings (SSSR count). The number of benzene rings is 1. The molecular weight excluding hydrogens is 435 g/mol. The fourth-order valence-corrected chi connectivity index (χ4v) is 4.05. The number of anilines is 1. The van der Waals surface area contributed by atoms with Crippen LogP contribution in [-0.4, -0.2) is 59.4 Å². The van der Waals surface area contributed by atoms with Crippen molar-refractivity contribution >= 4 is 17.5 Å². The van der Waals surface area contributed by atoms with Gasteiger partial charge in [-0.1, -0.05) is 18.2 Å². The van der Waals surface area contributed by atoms with Crippen molar-refractivity contribution in [2.45, 2.75) is 12.6 Å². The number of hydrogen-bond acceptors (Lipinski definition) is 6. The zero-order valence-electron chi connectivity index (χ0n) is 18.7. The Morgan fingerprint density at radius 2 is 1.62 bits per heavy atom. The van der Waals surface area contributed by atoms with E-state index in [2.05, 4.69) is 25.5 Å². The van der Waals surface area contributed by atoms with Crippen molar-refractivity contribution in [3.05, 3.63) is 90.3 Å². The van der Waals surface area contributed by atoms with Gasteiger partial charge in [0.1, 0.15) is 5.82 Å². The van der Waals surface area contributed by atoms with E-state index in [4.69, 9.17) is 0 Å². The maximum Gasteiger partial charge on any atom is 0.309 e. The van der Waals surface area contributed by atoms with E-state index in [1.165, 1.54) is 6.07 Å². The number of rotatable bonds is 7. The minimum Gasteiger partial charge on any atom is -0.367 e. The van der Waals surface area contributed by atoms with Crippen molar-refractivity contribution in [3.8, 4) is 0 Å². The Morgan fingerprint density at radius 3 is 2.32 bits per heavy atom. The molecule has 176 valence electrons. The molecule has 1 fully saturated rings. The summed E-state index contributed by atoms with van der Waals surface area (Å²) in [5.74, 6) is -1.61. The fraction of sp³-hybridized carbons (Fsp3) is 0.280. The van der Waals surface area contributed by atoms with Crippen LogP contribution in [0.15, 0.2) is 73.3 Å². The first kappa shape index (κ1) is 23.3. The zero-order valence-corrected chi connectivity index (χ0v) is 18.7. The van der Waals surface area contributed by atoms with Crippen LogP contribution >= 0.6 is 0 Å². The van der Waals surface area contributed by atoms with Crippen LogP contribution in [0.1, 0.15) is 17.2 Å². The molecule has 1 atom stereocenters. The molecule has 0 radical (unpaired) electrons. The number of nitrogens with zero attached hydrogens (tertiary/aromatic N) is 4. The van der Waals surface area contributed by atoms with Gasteiger partial charge in [0.2, 0.25) is 0 Å². The van der Waals surface area contributed by atoms with Crippen LogP contribution in [0, 0.1) is 5.82 Å². The van der Waals surface area contributed by atoms with Crippen molar-refractivity contribution in [1.29, 1.82) is 0 Å². The number of carbonyl (C=O) groups excluding carboxylic acids is 2. The highest BCUT2D eigenvalue weighted by Crippen LogP contribution is 2.25. The number of carbonyl (C=O) groups is 2. The summed E-state index contributed by atoms with van der Waals surface area (Å²) in [6.07, 6.45) is 6.73. The molecule has 3 aromatic rings. The third kappa shape index (κ3) is 5.93. The lowest BCUT2D eigenvalue weighted by molar-refractivity contribution is -0.139. The van der Waals surface area contributed by atoms with Crippen molar-refractivity contribution in [3.63, 3.8) is 0 Å². The van der Waals surface area contributed by atoms with E-state index in [9.17, 15) is 14.0 Å². The number of para-hydroxylation sites is 1. The summed E-state index contributed by atoms with van der Waals surface area (Å²) in [6, 6.07) is 14.0. The van der Waals surface area contributed by atoms with Gasteiger partial charge in [-0.05, 0) is 41.5 Å².